The molecule has 1 N–H and O–H groups in total. The Balaban J connectivity index is 1.64. The van der Waals surface area contributed by atoms with Gasteiger partial charge in [-0.2, -0.15) is 10.2 Å². The molecule has 3 aromatic rings. The van der Waals surface area contributed by atoms with Crippen LogP contribution in [0.25, 0.3) is 5.95 Å². The Morgan fingerprint density at radius 1 is 1.00 bits per heavy atom. The summed E-state index contributed by atoms with van der Waals surface area (Å²) in [5, 5.41) is 12.1. The number of nitrogens with zero attached hydrogens (tertiary/aromatic N) is 6. The standard InChI is InChI=1S/C22H31N7O/c1-13(12-28-17(5)9-16(4)26-28)11-23-21(30)10-20-18(6)27-29(19(20)7)22-24-14(2)8-15(3)25-22/h8-9,13H,10-12H2,1-7H3,(H,23,30). The summed E-state index contributed by atoms with van der Waals surface area (Å²) in [4.78, 5) is 21.6. The third-order valence-electron chi connectivity index (χ3n) is 5.17. The van der Waals surface area contributed by atoms with Crippen LogP contribution in [0.1, 0.15) is 46.7 Å². The third-order valence-corrected chi connectivity index (χ3v) is 5.17. The Bertz CT molecular complexity index is 1040. The van der Waals surface area contributed by atoms with Crippen LogP contribution >= 0.6 is 0 Å². The summed E-state index contributed by atoms with van der Waals surface area (Å²) >= 11 is 0. The maximum atomic E-state index is 12.6. The van der Waals surface area contributed by atoms with Crippen molar-refractivity contribution in [2.24, 2.45) is 5.92 Å². The lowest BCUT2D eigenvalue weighted by Gasteiger charge is -2.14. The highest BCUT2D eigenvalue weighted by atomic mass is 16.1. The van der Waals surface area contributed by atoms with E-state index >= 15 is 0 Å². The van der Waals surface area contributed by atoms with Crippen LogP contribution in [0, 0.1) is 47.5 Å². The zero-order chi connectivity index (χ0) is 22.0. The Morgan fingerprint density at radius 3 is 2.27 bits per heavy atom. The number of amides is 1. The van der Waals surface area contributed by atoms with Gasteiger partial charge in [-0.25, -0.2) is 14.6 Å². The van der Waals surface area contributed by atoms with E-state index in [1.54, 1.807) is 4.68 Å². The number of carbonyl (C=O) groups is 1. The molecular weight excluding hydrogens is 378 g/mol. The molecule has 1 unspecified atom stereocenters. The van der Waals surface area contributed by atoms with E-state index in [2.05, 4.69) is 38.5 Å². The molecule has 3 aromatic heterocycles. The van der Waals surface area contributed by atoms with Gasteiger partial charge in [0.15, 0.2) is 0 Å². The van der Waals surface area contributed by atoms with Gasteiger partial charge in [0, 0.05) is 41.4 Å². The lowest BCUT2D eigenvalue weighted by atomic mass is 10.1. The molecule has 0 radical (unpaired) electrons. The van der Waals surface area contributed by atoms with Crippen molar-refractivity contribution < 1.29 is 4.79 Å². The van der Waals surface area contributed by atoms with E-state index in [1.165, 1.54) is 0 Å². The molecule has 3 heterocycles. The number of rotatable bonds is 7. The van der Waals surface area contributed by atoms with Crippen molar-refractivity contribution >= 4 is 5.91 Å². The summed E-state index contributed by atoms with van der Waals surface area (Å²) < 4.78 is 3.72. The highest BCUT2D eigenvalue weighted by molar-refractivity contribution is 5.79. The van der Waals surface area contributed by atoms with E-state index in [0.29, 0.717) is 12.5 Å². The average molecular weight is 410 g/mol. The van der Waals surface area contributed by atoms with Gasteiger partial charge >= 0.3 is 0 Å². The second-order valence-corrected chi connectivity index (χ2v) is 8.21. The van der Waals surface area contributed by atoms with Crippen LogP contribution in [0.2, 0.25) is 0 Å². The van der Waals surface area contributed by atoms with Gasteiger partial charge in [0.25, 0.3) is 5.95 Å². The van der Waals surface area contributed by atoms with Gasteiger partial charge in [0.05, 0.1) is 17.8 Å². The minimum Gasteiger partial charge on any atom is -0.355 e. The molecule has 160 valence electrons. The summed E-state index contributed by atoms with van der Waals surface area (Å²) in [7, 11) is 0. The van der Waals surface area contributed by atoms with E-state index < -0.39 is 0 Å². The van der Waals surface area contributed by atoms with Crippen molar-refractivity contribution in [3.05, 3.63) is 51.9 Å². The van der Waals surface area contributed by atoms with Crippen molar-refractivity contribution in [1.82, 2.24) is 34.8 Å². The zero-order valence-corrected chi connectivity index (χ0v) is 18.9. The SMILES string of the molecule is Cc1cc(C)nc(-n2nc(C)c(CC(=O)NCC(C)Cn3nc(C)cc3C)c2C)n1. The number of nitrogens with one attached hydrogen (secondary N) is 1. The van der Waals surface area contributed by atoms with Crippen LogP contribution in [0.5, 0.6) is 0 Å². The highest BCUT2D eigenvalue weighted by Gasteiger charge is 2.18. The van der Waals surface area contributed by atoms with Crippen LogP contribution in [0.4, 0.5) is 0 Å². The summed E-state index contributed by atoms with van der Waals surface area (Å²) in [6.45, 7) is 15.3. The number of aromatic nitrogens is 6. The number of hydrogen-bond acceptors (Lipinski definition) is 5. The van der Waals surface area contributed by atoms with E-state index in [1.807, 2.05) is 52.3 Å². The quantitative estimate of drug-likeness (QED) is 0.648. The van der Waals surface area contributed by atoms with Gasteiger partial charge < -0.3 is 5.32 Å². The first-order valence-electron chi connectivity index (χ1n) is 10.3. The topological polar surface area (TPSA) is 90.5 Å². The van der Waals surface area contributed by atoms with Crippen LogP contribution in [0.3, 0.4) is 0 Å². The zero-order valence-electron chi connectivity index (χ0n) is 18.9. The maximum Gasteiger partial charge on any atom is 0.251 e. The molecule has 1 atom stereocenters. The first kappa shape index (κ1) is 21.7. The monoisotopic (exact) mass is 409 g/mol. The van der Waals surface area contributed by atoms with Crippen molar-refractivity contribution in [3.63, 3.8) is 0 Å². The number of aryl methyl sites for hydroxylation is 5. The Kier molecular flexibility index (Phi) is 6.34. The molecule has 0 aromatic carbocycles. The van der Waals surface area contributed by atoms with Crippen molar-refractivity contribution in [2.45, 2.75) is 61.4 Å². The van der Waals surface area contributed by atoms with E-state index in [0.717, 1.165) is 46.3 Å². The average Bonchev–Trinajstić information content (AvgIpc) is 3.11. The van der Waals surface area contributed by atoms with Gasteiger partial charge in [0.2, 0.25) is 5.91 Å². The predicted molar refractivity (Wildman–Crippen MR) is 116 cm³/mol. The number of carbonyl (C=O) groups excluding carboxylic acids is 1. The summed E-state index contributed by atoms with van der Waals surface area (Å²) in [6.07, 6.45) is 0.287. The molecule has 30 heavy (non-hydrogen) atoms. The fraction of sp³-hybridized carbons (Fsp3) is 0.500. The van der Waals surface area contributed by atoms with Gasteiger partial charge in [-0.1, -0.05) is 6.92 Å². The molecule has 0 fully saturated rings. The molecule has 8 heteroatoms. The highest BCUT2D eigenvalue weighted by Crippen LogP contribution is 2.17. The fourth-order valence-electron chi connectivity index (χ4n) is 3.66. The normalized spacial score (nSPS) is 12.2. The largest absolute Gasteiger partial charge is 0.355 e. The first-order valence-corrected chi connectivity index (χ1v) is 10.3. The van der Waals surface area contributed by atoms with Crippen LogP contribution in [-0.4, -0.2) is 42.0 Å². The Labute approximate surface area is 177 Å². The second kappa shape index (κ2) is 8.77. The summed E-state index contributed by atoms with van der Waals surface area (Å²) in [6, 6.07) is 3.99. The minimum absolute atomic E-state index is 0.0118. The Morgan fingerprint density at radius 2 is 1.67 bits per heavy atom. The van der Waals surface area contributed by atoms with Crippen LogP contribution in [0.15, 0.2) is 12.1 Å². The van der Waals surface area contributed by atoms with Crippen LogP contribution in [-0.2, 0) is 17.8 Å². The molecular formula is C22H31N7O. The van der Waals surface area contributed by atoms with Gasteiger partial charge in [-0.15, -0.1) is 0 Å². The minimum atomic E-state index is -0.0118. The second-order valence-electron chi connectivity index (χ2n) is 8.21. The Hall–Kier alpha value is -3.03. The van der Waals surface area contributed by atoms with Crippen molar-refractivity contribution in [1.29, 1.82) is 0 Å². The molecule has 0 saturated heterocycles. The van der Waals surface area contributed by atoms with E-state index in [4.69, 9.17) is 0 Å². The third kappa shape index (κ3) is 4.93. The molecule has 3 rings (SSSR count). The van der Waals surface area contributed by atoms with Gasteiger partial charge in [-0.3, -0.25) is 9.48 Å². The smallest absolute Gasteiger partial charge is 0.251 e. The lowest BCUT2D eigenvalue weighted by molar-refractivity contribution is -0.120. The molecule has 0 spiro atoms. The molecule has 0 bridgehead atoms. The molecule has 0 aliphatic heterocycles. The lowest BCUT2D eigenvalue weighted by Crippen LogP contribution is -2.31. The van der Waals surface area contributed by atoms with Crippen LogP contribution < -0.4 is 5.32 Å². The van der Waals surface area contributed by atoms with Crippen molar-refractivity contribution in [2.75, 3.05) is 6.54 Å². The molecule has 0 aliphatic rings. The maximum absolute atomic E-state index is 12.6. The number of hydrogen-bond donors (Lipinski definition) is 1. The van der Waals surface area contributed by atoms with E-state index in [9.17, 15) is 4.79 Å². The summed E-state index contributed by atoms with van der Waals surface area (Å²) in [5.74, 6) is 0.807. The molecule has 0 saturated carbocycles. The fourth-order valence-corrected chi connectivity index (χ4v) is 3.66. The molecule has 1 amide bonds. The van der Waals surface area contributed by atoms with E-state index in [-0.39, 0.29) is 18.2 Å². The van der Waals surface area contributed by atoms with Crippen molar-refractivity contribution in [3.8, 4) is 5.95 Å². The summed E-state index contributed by atoms with van der Waals surface area (Å²) in [5.41, 5.74) is 6.56. The predicted octanol–water partition coefficient (Wildman–Crippen LogP) is 2.70. The molecule has 8 nitrogen and oxygen atoms in total. The van der Waals surface area contributed by atoms with Gasteiger partial charge in [-0.05, 0) is 59.6 Å². The van der Waals surface area contributed by atoms with Gasteiger partial charge in [0.1, 0.15) is 0 Å². The molecule has 0 aliphatic carbocycles. The first-order chi connectivity index (χ1) is 14.1.